The largest absolute Gasteiger partial charge is 0.370 e. The van der Waals surface area contributed by atoms with Gasteiger partial charge in [0, 0.05) is 28.1 Å². The van der Waals surface area contributed by atoms with Crippen molar-refractivity contribution in [3.05, 3.63) is 45.3 Å². The van der Waals surface area contributed by atoms with Crippen molar-refractivity contribution in [1.29, 1.82) is 0 Å². The van der Waals surface area contributed by atoms with Crippen LogP contribution in [0.15, 0.2) is 24.4 Å². The topological polar surface area (TPSA) is 54.0 Å². The fourth-order valence-corrected chi connectivity index (χ4v) is 2.85. The number of pyridine rings is 1. The number of carbonyl (C=O) groups excluding carboxylic acids is 1. The molecule has 2 N–H and O–H groups in total. The molecule has 0 aliphatic rings. The molecule has 2 aromatic heterocycles. The molecule has 0 unspecified atom stereocenters. The minimum Gasteiger partial charge on any atom is -0.370 e. The molecule has 0 atom stereocenters. The van der Waals surface area contributed by atoms with Gasteiger partial charge in [0.1, 0.15) is 5.82 Å². The third kappa shape index (κ3) is 3.57. The minimum absolute atomic E-state index is 0.0738. The maximum atomic E-state index is 12.1. The average molecular weight is 289 g/mol. The quantitative estimate of drug-likeness (QED) is 0.889. The molecule has 0 saturated carbocycles. The van der Waals surface area contributed by atoms with Crippen LogP contribution in [-0.4, -0.2) is 17.4 Å². The van der Waals surface area contributed by atoms with Gasteiger partial charge in [0.05, 0.1) is 6.54 Å². The van der Waals surface area contributed by atoms with Crippen LogP contribution in [0.2, 0.25) is 0 Å². The molecule has 0 aromatic carbocycles. The summed E-state index contributed by atoms with van der Waals surface area (Å²) in [6.07, 6.45) is 1.65. The molecule has 5 heteroatoms. The molecule has 2 rings (SSSR count). The maximum Gasteiger partial charge on any atom is 0.251 e. The smallest absolute Gasteiger partial charge is 0.251 e. The SMILES string of the molecule is CCNc1cc(C(=O)NCc2cc(C)c(C)s2)ccn1. The van der Waals surface area contributed by atoms with Gasteiger partial charge in [-0.3, -0.25) is 4.79 Å². The number of hydrogen-bond donors (Lipinski definition) is 2. The van der Waals surface area contributed by atoms with Crippen LogP contribution in [0, 0.1) is 13.8 Å². The second kappa shape index (κ2) is 6.52. The van der Waals surface area contributed by atoms with Crippen molar-refractivity contribution in [2.75, 3.05) is 11.9 Å². The number of hydrogen-bond acceptors (Lipinski definition) is 4. The number of aromatic nitrogens is 1. The number of rotatable bonds is 5. The molecule has 0 fully saturated rings. The molecular formula is C15H19N3OS. The Morgan fingerprint density at radius 2 is 2.15 bits per heavy atom. The number of carbonyl (C=O) groups is 1. The lowest BCUT2D eigenvalue weighted by Gasteiger charge is -2.06. The lowest BCUT2D eigenvalue weighted by molar-refractivity contribution is 0.0951. The molecule has 0 bridgehead atoms. The number of nitrogens with zero attached hydrogens (tertiary/aromatic N) is 1. The van der Waals surface area contributed by atoms with Gasteiger partial charge < -0.3 is 10.6 Å². The Morgan fingerprint density at radius 1 is 1.35 bits per heavy atom. The Morgan fingerprint density at radius 3 is 2.80 bits per heavy atom. The summed E-state index contributed by atoms with van der Waals surface area (Å²) >= 11 is 1.72. The molecule has 2 aromatic rings. The van der Waals surface area contributed by atoms with Gasteiger partial charge in [0.2, 0.25) is 0 Å². The lowest BCUT2D eigenvalue weighted by Crippen LogP contribution is -2.22. The summed E-state index contributed by atoms with van der Waals surface area (Å²) in [6, 6.07) is 5.61. The van der Waals surface area contributed by atoms with Crippen LogP contribution in [0.4, 0.5) is 5.82 Å². The van der Waals surface area contributed by atoms with E-state index in [9.17, 15) is 4.79 Å². The zero-order valence-electron chi connectivity index (χ0n) is 12.0. The van der Waals surface area contributed by atoms with Crippen molar-refractivity contribution < 1.29 is 4.79 Å². The molecule has 0 saturated heterocycles. The Hall–Kier alpha value is -1.88. The van der Waals surface area contributed by atoms with Gasteiger partial charge in [-0.05, 0) is 44.5 Å². The van der Waals surface area contributed by atoms with Crippen LogP contribution in [0.1, 0.15) is 32.6 Å². The zero-order chi connectivity index (χ0) is 14.5. The molecule has 106 valence electrons. The minimum atomic E-state index is -0.0738. The predicted octanol–water partition coefficient (Wildman–Crippen LogP) is 3.12. The highest BCUT2D eigenvalue weighted by Gasteiger charge is 2.08. The molecule has 0 aliphatic carbocycles. The van der Waals surface area contributed by atoms with Gasteiger partial charge in [-0.1, -0.05) is 0 Å². The molecule has 0 aliphatic heterocycles. The van der Waals surface area contributed by atoms with E-state index < -0.39 is 0 Å². The van der Waals surface area contributed by atoms with Crippen molar-refractivity contribution in [2.45, 2.75) is 27.3 Å². The average Bonchev–Trinajstić information content (AvgIpc) is 2.76. The summed E-state index contributed by atoms with van der Waals surface area (Å²) in [5.74, 6) is 0.651. The Balaban J connectivity index is 1.99. The zero-order valence-corrected chi connectivity index (χ0v) is 12.8. The molecule has 2 heterocycles. The molecule has 1 amide bonds. The fraction of sp³-hybridized carbons (Fsp3) is 0.333. The van der Waals surface area contributed by atoms with E-state index in [0.717, 1.165) is 12.4 Å². The normalized spacial score (nSPS) is 10.3. The Labute approximate surface area is 123 Å². The van der Waals surface area contributed by atoms with Crippen LogP contribution in [-0.2, 0) is 6.54 Å². The number of thiophene rings is 1. The highest BCUT2D eigenvalue weighted by atomic mass is 32.1. The molecule has 0 radical (unpaired) electrons. The second-order valence-electron chi connectivity index (χ2n) is 4.59. The number of anilines is 1. The summed E-state index contributed by atoms with van der Waals surface area (Å²) in [4.78, 5) is 18.7. The Bertz CT molecular complexity index is 587. The third-order valence-electron chi connectivity index (χ3n) is 3.02. The van der Waals surface area contributed by atoms with Gasteiger partial charge in [-0.2, -0.15) is 0 Å². The summed E-state index contributed by atoms with van der Waals surface area (Å²) in [7, 11) is 0. The highest BCUT2D eigenvalue weighted by molar-refractivity contribution is 7.12. The first-order valence-corrected chi connectivity index (χ1v) is 7.46. The van der Waals surface area contributed by atoms with Crippen LogP contribution < -0.4 is 10.6 Å². The van der Waals surface area contributed by atoms with E-state index >= 15 is 0 Å². The van der Waals surface area contributed by atoms with Crippen LogP contribution in [0.3, 0.4) is 0 Å². The number of nitrogens with one attached hydrogen (secondary N) is 2. The summed E-state index contributed by atoms with van der Waals surface area (Å²) in [5, 5.41) is 6.04. The number of aryl methyl sites for hydroxylation is 2. The van der Waals surface area contributed by atoms with Gasteiger partial charge in [-0.15, -0.1) is 11.3 Å². The van der Waals surface area contributed by atoms with Crippen molar-refractivity contribution in [2.24, 2.45) is 0 Å². The van der Waals surface area contributed by atoms with E-state index in [0.29, 0.717) is 12.1 Å². The van der Waals surface area contributed by atoms with Gasteiger partial charge in [-0.25, -0.2) is 4.98 Å². The van der Waals surface area contributed by atoms with Gasteiger partial charge in [0.15, 0.2) is 0 Å². The predicted molar refractivity (Wildman–Crippen MR) is 83.4 cm³/mol. The molecule has 4 nitrogen and oxygen atoms in total. The summed E-state index contributed by atoms with van der Waals surface area (Å²) in [6.45, 7) is 7.53. The van der Waals surface area contributed by atoms with E-state index in [2.05, 4.69) is 35.5 Å². The monoisotopic (exact) mass is 289 g/mol. The van der Waals surface area contributed by atoms with E-state index in [1.165, 1.54) is 15.3 Å². The highest BCUT2D eigenvalue weighted by Crippen LogP contribution is 2.20. The van der Waals surface area contributed by atoms with Crippen LogP contribution >= 0.6 is 11.3 Å². The summed E-state index contributed by atoms with van der Waals surface area (Å²) < 4.78 is 0. The van der Waals surface area contributed by atoms with E-state index in [4.69, 9.17) is 0 Å². The molecule has 0 spiro atoms. The molecular weight excluding hydrogens is 270 g/mol. The lowest BCUT2D eigenvalue weighted by atomic mass is 10.2. The van der Waals surface area contributed by atoms with Crippen molar-refractivity contribution in [3.8, 4) is 0 Å². The molecule has 20 heavy (non-hydrogen) atoms. The Kier molecular flexibility index (Phi) is 4.74. The third-order valence-corrected chi connectivity index (χ3v) is 4.17. The van der Waals surface area contributed by atoms with Crippen molar-refractivity contribution in [1.82, 2.24) is 10.3 Å². The fourth-order valence-electron chi connectivity index (χ4n) is 1.86. The van der Waals surface area contributed by atoms with Crippen LogP contribution in [0.25, 0.3) is 0 Å². The van der Waals surface area contributed by atoms with Gasteiger partial charge >= 0.3 is 0 Å². The van der Waals surface area contributed by atoms with Crippen molar-refractivity contribution >= 4 is 23.1 Å². The first kappa shape index (κ1) is 14.5. The first-order chi connectivity index (χ1) is 9.60. The first-order valence-electron chi connectivity index (χ1n) is 6.64. The summed E-state index contributed by atoms with van der Waals surface area (Å²) in [5.41, 5.74) is 1.90. The van der Waals surface area contributed by atoms with Gasteiger partial charge in [0.25, 0.3) is 5.91 Å². The number of amides is 1. The standard InChI is InChI=1S/C15H19N3OS/c1-4-16-14-8-12(5-6-17-14)15(19)18-9-13-7-10(2)11(3)20-13/h5-8H,4,9H2,1-3H3,(H,16,17)(H,18,19). The van der Waals surface area contributed by atoms with E-state index in [1.54, 1.807) is 29.7 Å². The van der Waals surface area contributed by atoms with Crippen LogP contribution in [0.5, 0.6) is 0 Å². The van der Waals surface area contributed by atoms with Crippen molar-refractivity contribution in [3.63, 3.8) is 0 Å². The van der Waals surface area contributed by atoms with E-state index in [1.807, 2.05) is 6.92 Å². The maximum absolute atomic E-state index is 12.1. The second-order valence-corrected chi connectivity index (χ2v) is 5.94. The van der Waals surface area contributed by atoms with E-state index in [-0.39, 0.29) is 5.91 Å².